The van der Waals surface area contributed by atoms with E-state index < -0.39 is 0 Å². The Labute approximate surface area is 109 Å². The molecule has 0 bridgehead atoms. The van der Waals surface area contributed by atoms with Crippen molar-refractivity contribution < 1.29 is 4.74 Å². The molecule has 0 aromatic carbocycles. The van der Waals surface area contributed by atoms with E-state index in [1.54, 1.807) is 13.4 Å². The van der Waals surface area contributed by atoms with Crippen molar-refractivity contribution in [1.82, 2.24) is 14.9 Å². The molecular formula is C13H22N4O. The van der Waals surface area contributed by atoms with Crippen molar-refractivity contribution in [2.24, 2.45) is 5.92 Å². The Bertz CT molecular complexity index is 410. The minimum atomic E-state index is 0.472. The Morgan fingerprint density at radius 3 is 2.89 bits per heavy atom. The van der Waals surface area contributed by atoms with E-state index in [2.05, 4.69) is 34.2 Å². The van der Waals surface area contributed by atoms with Crippen LogP contribution < -0.4 is 10.1 Å². The second kappa shape index (κ2) is 5.52. The molecule has 1 saturated heterocycles. The van der Waals surface area contributed by atoms with Gasteiger partial charge in [-0.3, -0.25) is 0 Å². The van der Waals surface area contributed by atoms with Crippen molar-refractivity contribution in [2.45, 2.75) is 26.3 Å². The van der Waals surface area contributed by atoms with Crippen LogP contribution in [0.4, 0.5) is 5.82 Å². The molecule has 0 radical (unpaired) electrons. The van der Waals surface area contributed by atoms with Crippen molar-refractivity contribution in [2.75, 3.05) is 32.6 Å². The molecule has 1 aliphatic rings. The van der Waals surface area contributed by atoms with Gasteiger partial charge in [0, 0.05) is 12.6 Å². The zero-order valence-electron chi connectivity index (χ0n) is 11.6. The fourth-order valence-electron chi connectivity index (χ4n) is 2.53. The number of anilines is 1. The molecule has 1 aliphatic heterocycles. The van der Waals surface area contributed by atoms with E-state index in [1.165, 1.54) is 0 Å². The molecule has 1 aromatic heterocycles. The number of hydrogen-bond donors (Lipinski definition) is 1. The van der Waals surface area contributed by atoms with Crippen LogP contribution in [0, 0.1) is 12.8 Å². The lowest BCUT2D eigenvalue weighted by Gasteiger charge is -2.35. The highest BCUT2D eigenvalue weighted by atomic mass is 16.5. The Morgan fingerprint density at radius 1 is 1.44 bits per heavy atom. The number of aromatic nitrogens is 2. The lowest BCUT2D eigenvalue weighted by atomic mass is 9.94. The molecule has 2 unspecified atom stereocenters. The highest BCUT2D eigenvalue weighted by molar-refractivity contribution is 5.48. The summed E-state index contributed by atoms with van der Waals surface area (Å²) in [7, 11) is 3.81. The van der Waals surface area contributed by atoms with Crippen LogP contribution in [0.2, 0.25) is 0 Å². The first kappa shape index (κ1) is 13.1. The van der Waals surface area contributed by atoms with Crippen LogP contribution in [-0.4, -0.2) is 48.2 Å². The van der Waals surface area contributed by atoms with Gasteiger partial charge in [-0.1, -0.05) is 6.92 Å². The van der Waals surface area contributed by atoms with E-state index in [1.807, 2.05) is 6.92 Å². The second-order valence-corrected chi connectivity index (χ2v) is 5.14. The van der Waals surface area contributed by atoms with Crippen LogP contribution in [0.1, 0.15) is 18.9 Å². The predicted octanol–water partition coefficient (Wildman–Crippen LogP) is 1.55. The molecule has 1 N–H and O–H groups in total. The van der Waals surface area contributed by atoms with Crippen LogP contribution >= 0.6 is 0 Å². The molecular weight excluding hydrogens is 228 g/mol. The second-order valence-electron chi connectivity index (χ2n) is 5.14. The van der Waals surface area contributed by atoms with E-state index in [0.717, 1.165) is 30.9 Å². The quantitative estimate of drug-likeness (QED) is 0.882. The van der Waals surface area contributed by atoms with Crippen molar-refractivity contribution in [3.63, 3.8) is 0 Å². The molecule has 2 rings (SSSR count). The van der Waals surface area contributed by atoms with Gasteiger partial charge in [0.05, 0.1) is 12.7 Å². The van der Waals surface area contributed by atoms with Crippen molar-refractivity contribution >= 4 is 5.82 Å². The summed E-state index contributed by atoms with van der Waals surface area (Å²) in [4.78, 5) is 10.8. The van der Waals surface area contributed by atoms with E-state index in [0.29, 0.717) is 17.8 Å². The number of nitrogens with one attached hydrogen (secondary N) is 1. The van der Waals surface area contributed by atoms with Gasteiger partial charge in [0.1, 0.15) is 12.1 Å². The maximum Gasteiger partial charge on any atom is 0.221 e. The third-order valence-corrected chi connectivity index (χ3v) is 3.66. The standard InChI is InChI=1S/C13H22N4O/c1-9-7-17(3)6-5-11(9)16-12-10(2)13(18-4)15-8-14-12/h8-9,11H,5-7H2,1-4H3,(H,14,15,16). The maximum absolute atomic E-state index is 5.22. The van der Waals surface area contributed by atoms with E-state index in [9.17, 15) is 0 Å². The number of hydrogen-bond acceptors (Lipinski definition) is 5. The van der Waals surface area contributed by atoms with Gasteiger partial charge in [0.2, 0.25) is 5.88 Å². The number of nitrogens with zero attached hydrogens (tertiary/aromatic N) is 3. The largest absolute Gasteiger partial charge is 0.481 e. The van der Waals surface area contributed by atoms with E-state index in [4.69, 9.17) is 4.74 Å². The molecule has 0 saturated carbocycles. The Morgan fingerprint density at radius 2 is 2.22 bits per heavy atom. The third-order valence-electron chi connectivity index (χ3n) is 3.66. The highest BCUT2D eigenvalue weighted by Gasteiger charge is 2.25. The Kier molecular flexibility index (Phi) is 4.01. The topological polar surface area (TPSA) is 50.3 Å². The van der Waals surface area contributed by atoms with Gasteiger partial charge in [-0.2, -0.15) is 0 Å². The number of piperidine rings is 1. The molecule has 18 heavy (non-hydrogen) atoms. The lowest BCUT2D eigenvalue weighted by molar-refractivity contribution is 0.206. The van der Waals surface area contributed by atoms with Gasteiger partial charge in [-0.15, -0.1) is 0 Å². The molecule has 1 aromatic rings. The first-order chi connectivity index (χ1) is 8.61. The minimum Gasteiger partial charge on any atom is -0.481 e. The minimum absolute atomic E-state index is 0.472. The molecule has 2 atom stereocenters. The third kappa shape index (κ3) is 2.72. The van der Waals surface area contributed by atoms with Crippen LogP contribution in [0.3, 0.4) is 0 Å². The summed E-state index contributed by atoms with van der Waals surface area (Å²) in [5, 5.41) is 3.54. The fraction of sp³-hybridized carbons (Fsp3) is 0.692. The van der Waals surface area contributed by atoms with Crippen molar-refractivity contribution in [1.29, 1.82) is 0 Å². The van der Waals surface area contributed by atoms with Gasteiger partial charge in [0.15, 0.2) is 0 Å². The first-order valence-corrected chi connectivity index (χ1v) is 6.42. The molecule has 2 heterocycles. The first-order valence-electron chi connectivity index (χ1n) is 6.42. The molecule has 0 spiro atoms. The monoisotopic (exact) mass is 250 g/mol. The van der Waals surface area contributed by atoms with Gasteiger partial charge in [0.25, 0.3) is 0 Å². The SMILES string of the molecule is COc1ncnc(NC2CCN(C)CC2C)c1C. The molecule has 5 heteroatoms. The maximum atomic E-state index is 5.22. The number of methoxy groups -OCH3 is 1. The van der Waals surface area contributed by atoms with Gasteiger partial charge in [-0.25, -0.2) is 9.97 Å². The fourth-order valence-corrected chi connectivity index (χ4v) is 2.53. The predicted molar refractivity (Wildman–Crippen MR) is 72.0 cm³/mol. The number of likely N-dealkylation sites (tertiary alicyclic amines) is 1. The molecule has 0 amide bonds. The molecule has 1 fully saturated rings. The van der Waals surface area contributed by atoms with Crippen LogP contribution in [0.5, 0.6) is 5.88 Å². The van der Waals surface area contributed by atoms with Crippen molar-refractivity contribution in [3.05, 3.63) is 11.9 Å². The van der Waals surface area contributed by atoms with Crippen LogP contribution in [0.15, 0.2) is 6.33 Å². The summed E-state index contributed by atoms with van der Waals surface area (Å²) in [6.45, 7) is 6.52. The average molecular weight is 250 g/mol. The van der Waals surface area contributed by atoms with Gasteiger partial charge < -0.3 is 15.0 Å². The highest BCUT2D eigenvalue weighted by Crippen LogP contribution is 2.24. The van der Waals surface area contributed by atoms with E-state index in [-0.39, 0.29) is 0 Å². The van der Waals surface area contributed by atoms with Gasteiger partial charge >= 0.3 is 0 Å². The van der Waals surface area contributed by atoms with Crippen molar-refractivity contribution in [3.8, 4) is 5.88 Å². The molecule has 0 aliphatic carbocycles. The summed E-state index contributed by atoms with van der Waals surface area (Å²) in [5.41, 5.74) is 0.978. The summed E-state index contributed by atoms with van der Waals surface area (Å²) in [6.07, 6.45) is 2.69. The zero-order valence-corrected chi connectivity index (χ0v) is 11.6. The average Bonchev–Trinajstić information content (AvgIpc) is 2.35. The Hall–Kier alpha value is -1.36. The summed E-state index contributed by atoms with van der Waals surface area (Å²) >= 11 is 0. The number of ether oxygens (including phenoxy) is 1. The van der Waals surface area contributed by atoms with Gasteiger partial charge in [-0.05, 0) is 32.9 Å². The van der Waals surface area contributed by atoms with E-state index >= 15 is 0 Å². The molecule has 100 valence electrons. The summed E-state index contributed by atoms with van der Waals surface area (Å²) in [6, 6.07) is 0.472. The summed E-state index contributed by atoms with van der Waals surface area (Å²) in [5.74, 6) is 2.15. The normalized spacial score (nSPS) is 24.9. The molecule has 5 nitrogen and oxygen atoms in total. The zero-order chi connectivity index (χ0) is 13.1. The number of rotatable bonds is 3. The summed E-state index contributed by atoms with van der Waals surface area (Å²) < 4.78 is 5.22. The van der Waals surface area contributed by atoms with Crippen LogP contribution in [-0.2, 0) is 0 Å². The Balaban J connectivity index is 2.09. The smallest absolute Gasteiger partial charge is 0.221 e. The lowest BCUT2D eigenvalue weighted by Crippen LogP contribution is -2.43. The van der Waals surface area contributed by atoms with Crippen LogP contribution in [0.25, 0.3) is 0 Å².